The maximum Gasteiger partial charge on any atom is 0.251 e. The Morgan fingerprint density at radius 2 is 2.08 bits per heavy atom. The van der Waals surface area contributed by atoms with Gasteiger partial charge in [-0.2, -0.15) is 0 Å². The van der Waals surface area contributed by atoms with Crippen LogP contribution in [0.2, 0.25) is 0 Å². The highest BCUT2D eigenvalue weighted by Gasteiger charge is 2.22. The van der Waals surface area contributed by atoms with Gasteiger partial charge in [0.25, 0.3) is 5.91 Å². The molecular weight excluding hydrogens is 318 g/mol. The first-order valence-corrected chi connectivity index (χ1v) is 9.51. The molecule has 0 radical (unpaired) electrons. The van der Waals surface area contributed by atoms with Crippen LogP contribution in [-0.2, 0) is 12.8 Å². The first-order valence-electron chi connectivity index (χ1n) is 8.69. The van der Waals surface area contributed by atoms with E-state index in [1.54, 1.807) is 17.4 Å². The first-order chi connectivity index (χ1) is 11.3. The standard InChI is InChI=1S/C20H25NO2S/c1-5-12-6-8-14-16(10-12)24-17-11-13(7-9-15(17)18(14)22)19(23)21-20(2,3)4/h7,9,11-12H,5-6,8,10H2,1-4H3,(H,21,23). The zero-order chi connectivity index (χ0) is 17.5. The van der Waals surface area contributed by atoms with E-state index in [4.69, 9.17) is 0 Å². The lowest BCUT2D eigenvalue weighted by Gasteiger charge is -2.23. The second-order valence-corrected chi connectivity index (χ2v) is 8.90. The zero-order valence-electron chi connectivity index (χ0n) is 14.9. The van der Waals surface area contributed by atoms with Gasteiger partial charge in [0.1, 0.15) is 0 Å². The van der Waals surface area contributed by atoms with Gasteiger partial charge in [-0.15, -0.1) is 11.3 Å². The Balaban J connectivity index is 2.04. The van der Waals surface area contributed by atoms with Gasteiger partial charge in [-0.1, -0.05) is 13.3 Å². The minimum atomic E-state index is -0.274. The average molecular weight is 343 g/mol. The normalized spacial score (nSPS) is 17.6. The van der Waals surface area contributed by atoms with Crippen LogP contribution >= 0.6 is 11.3 Å². The zero-order valence-corrected chi connectivity index (χ0v) is 15.7. The molecule has 0 aliphatic heterocycles. The Kier molecular flexibility index (Phi) is 4.52. The molecule has 1 heterocycles. The fourth-order valence-corrected chi connectivity index (χ4v) is 4.67. The van der Waals surface area contributed by atoms with Crippen LogP contribution in [0.3, 0.4) is 0 Å². The van der Waals surface area contributed by atoms with Crippen molar-refractivity contribution in [3.8, 4) is 0 Å². The summed E-state index contributed by atoms with van der Waals surface area (Å²) < 4.78 is 0.928. The number of hydrogen-bond donors (Lipinski definition) is 1. The summed E-state index contributed by atoms with van der Waals surface area (Å²) in [7, 11) is 0. The second-order valence-electron chi connectivity index (χ2n) is 7.77. The van der Waals surface area contributed by atoms with E-state index < -0.39 is 0 Å². The van der Waals surface area contributed by atoms with Crippen LogP contribution in [0.25, 0.3) is 10.1 Å². The van der Waals surface area contributed by atoms with Crippen LogP contribution < -0.4 is 10.7 Å². The molecule has 1 N–H and O–H groups in total. The Morgan fingerprint density at radius 1 is 1.33 bits per heavy atom. The molecular formula is C20H25NO2S. The molecule has 2 aromatic rings. The molecule has 1 aromatic heterocycles. The molecule has 3 nitrogen and oxygen atoms in total. The molecule has 0 fully saturated rings. The van der Waals surface area contributed by atoms with Gasteiger partial charge in [-0.05, 0) is 64.2 Å². The van der Waals surface area contributed by atoms with E-state index in [2.05, 4.69) is 12.2 Å². The van der Waals surface area contributed by atoms with Crippen molar-refractivity contribution in [1.82, 2.24) is 5.32 Å². The lowest BCUT2D eigenvalue weighted by atomic mass is 9.86. The highest BCUT2D eigenvalue weighted by molar-refractivity contribution is 7.18. The molecule has 1 unspecified atom stereocenters. The molecule has 1 aliphatic rings. The van der Waals surface area contributed by atoms with Crippen LogP contribution in [0.1, 0.15) is 61.3 Å². The fourth-order valence-electron chi connectivity index (χ4n) is 3.31. The number of amides is 1. The summed E-state index contributed by atoms with van der Waals surface area (Å²) in [6.07, 6.45) is 4.17. The number of benzene rings is 1. The molecule has 1 amide bonds. The minimum Gasteiger partial charge on any atom is -0.347 e. The third-order valence-corrected chi connectivity index (χ3v) is 5.89. The van der Waals surface area contributed by atoms with Crippen LogP contribution in [-0.4, -0.2) is 11.4 Å². The topological polar surface area (TPSA) is 46.2 Å². The molecule has 1 atom stereocenters. The summed E-state index contributed by atoms with van der Waals surface area (Å²) in [6, 6.07) is 5.46. The van der Waals surface area contributed by atoms with E-state index in [0.717, 1.165) is 41.3 Å². The van der Waals surface area contributed by atoms with Gasteiger partial charge in [0.15, 0.2) is 5.43 Å². The summed E-state index contributed by atoms with van der Waals surface area (Å²) in [5.41, 5.74) is 1.51. The second kappa shape index (κ2) is 6.32. The van der Waals surface area contributed by atoms with E-state index in [0.29, 0.717) is 11.5 Å². The number of rotatable bonds is 2. The summed E-state index contributed by atoms with van der Waals surface area (Å²) in [4.78, 5) is 26.4. The van der Waals surface area contributed by atoms with Crippen molar-refractivity contribution in [2.75, 3.05) is 0 Å². The van der Waals surface area contributed by atoms with Gasteiger partial charge < -0.3 is 5.32 Å². The molecule has 3 rings (SSSR count). The van der Waals surface area contributed by atoms with Crippen LogP contribution in [0.15, 0.2) is 23.0 Å². The minimum absolute atomic E-state index is 0.0896. The van der Waals surface area contributed by atoms with Gasteiger partial charge in [0.2, 0.25) is 0 Å². The molecule has 4 heteroatoms. The summed E-state index contributed by atoms with van der Waals surface area (Å²) >= 11 is 1.69. The predicted molar refractivity (Wildman–Crippen MR) is 101 cm³/mol. The molecule has 24 heavy (non-hydrogen) atoms. The molecule has 1 aliphatic carbocycles. The van der Waals surface area contributed by atoms with Crippen molar-refractivity contribution in [2.24, 2.45) is 5.92 Å². The largest absolute Gasteiger partial charge is 0.347 e. The summed E-state index contributed by atoms with van der Waals surface area (Å²) in [6.45, 7) is 8.11. The van der Waals surface area contributed by atoms with Crippen LogP contribution in [0.5, 0.6) is 0 Å². The number of carbonyl (C=O) groups is 1. The molecule has 0 saturated carbocycles. The number of hydrogen-bond acceptors (Lipinski definition) is 3. The monoisotopic (exact) mass is 343 g/mol. The highest BCUT2D eigenvalue weighted by atomic mass is 32.1. The van der Waals surface area contributed by atoms with Crippen molar-refractivity contribution in [3.05, 3.63) is 44.4 Å². The van der Waals surface area contributed by atoms with Gasteiger partial charge in [-0.25, -0.2) is 0 Å². The number of carbonyl (C=O) groups excluding carboxylic acids is 1. The maximum absolute atomic E-state index is 12.8. The third kappa shape index (κ3) is 3.39. The van der Waals surface area contributed by atoms with Crippen molar-refractivity contribution >= 4 is 27.3 Å². The van der Waals surface area contributed by atoms with E-state index in [1.165, 1.54) is 4.88 Å². The SMILES string of the molecule is CCC1CCc2c(sc3cc(C(=O)NC(C)(C)C)ccc3c2=O)C1. The average Bonchev–Trinajstić information content (AvgIpc) is 2.52. The third-order valence-electron chi connectivity index (χ3n) is 4.67. The highest BCUT2D eigenvalue weighted by Crippen LogP contribution is 2.32. The summed E-state index contributed by atoms with van der Waals surface area (Å²) in [5, 5.41) is 3.73. The Morgan fingerprint density at radius 3 is 2.75 bits per heavy atom. The van der Waals surface area contributed by atoms with E-state index in [9.17, 15) is 9.59 Å². The molecule has 0 spiro atoms. The van der Waals surface area contributed by atoms with Gasteiger partial charge in [0, 0.05) is 31.6 Å². The molecule has 0 bridgehead atoms. The van der Waals surface area contributed by atoms with Gasteiger partial charge in [0.05, 0.1) is 0 Å². The smallest absolute Gasteiger partial charge is 0.251 e. The molecule has 0 saturated heterocycles. The Bertz CT molecular complexity index is 845. The van der Waals surface area contributed by atoms with Gasteiger partial charge in [-0.3, -0.25) is 9.59 Å². The lowest BCUT2D eigenvalue weighted by molar-refractivity contribution is 0.0919. The number of fused-ring (bicyclic) bond motifs is 2. The van der Waals surface area contributed by atoms with Crippen LogP contribution in [0.4, 0.5) is 0 Å². The maximum atomic E-state index is 12.8. The summed E-state index contributed by atoms with van der Waals surface area (Å²) in [5.74, 6) is 0.589. The van der Waals surface area contributed by atoms with E-state index >= 15 is 0 Å². The van der Waals surface area contributed by atoms with Crippen molar-refractivity contribution < 1.29 is 4.79 Å². The van der Waals surface area contributed by atoms with Crippen molar-refractivity contribution in [1.29, 1.82) is 0 Å². The van der Waals surface area contributed by atoms with Crippen molar-refractivity contribution in [3.63, 3.8) is 0 Å². The first kappa shape index (κ1) is 17.2. The van der Waals surface area contributed by atoms with Gasteiger partial charge >= 0.3 is 0 Å². The Hall–Kier alpha value is -1.68. The fraction of sp³-hybridized carbons (Fsp3) is 0.500. The lowest BCUT2D eigenvalue weighted by Crippen LogP contribution is -2.40. The quantitative estimate of drug-likeness (QED) is 0.883. The Labute approximate surface area is 147 Å². The van der Waals surface area contributed by atoms with Crippen LogP contribution in [0, 0.1) is 5.92 Å². The molecule has 1 aromatic carbocycles. The predicted octanol–water partition coefficient (Wildman–Crippen LogP) is 4.30. The molecule has 128 valence electrons. The van der Waals surface area contributed by atoms with Crippen molar-refractivity contribution in [2.45, 2.75) is 58.9 Å². The van der Waals surface area contributed by atoms with E-state index in [1.807, 2.05) is 32.9 Å². The van der Waals surface area contributed by atoms with E-state index in [-0.39, 0.29) is 16.9 Å². The number of nitrogens with one attached hydrogen (secondary N) is 1.